The van der Waals surface area contributed by atoms with E-state index >= 15 is 0 Å². The molecule has 1 aromatic carbocycles. The van der Waals surface area contributed by atoms with Crippen LogP contribution in [-0.2, 0) is 9.31 Å². The molecule has 1 fully saturated rings. The lowest BCUT2D eigenvalue weighted by molar-refractivity contribution is 0.00578. The molecule has 4 nitrogen and oxygen atoms in total. The molecule has 1 aliphatic rings. The van der Waals surface area contributed by atoms with Crippen molar-refractivity contribution in [1.29, 1.82) is 0 Å². The number of hydrogen-bond donors (Lipinski definition) is 1. The number of nitrogens with zero attached hydrogens (tertiary/aromatic N) is 1. The molecule has 6 heteroatoms. The molecule has 0 spiro atoms. The maximum atomic E-state index is 6.18. The topological polar surface area (TPSA) is 43.4 Å². The number of hydrogen-bond acceptors (Lipinski definition) is 5. The molecule has 2 aromatic rings. The lowest BCUT2D eigenvalue weighted by Gasteiger charge is -2.32. The van der Waals surface area contributed by atoms with Crippen molar-refractivity contribution in [2.24, 2.45) is 0 Å². The SMILES string of the molecule is CNCC(=Cc1ccc2ncsc2c1)B1OC(C)(C)C(C)(C)O1. The Morgan fingerprint density at radius 2 is 1.96 bits per heavy atom. The van der Waals surface area contributed by atoms with Gasteiger partial charge in [0.1, 0.15) is 0 Å². The minimum absolute atomic E-state index is 0.327. The smallest absolute Gasteiger partial charge is 0.400 e. The van der Waals surface area contributed by atoms with E-state index in [0.29, 0.717) is 0 Å². The van der Waals surface area contributed by atoms with Gasteiger partial charge in [0.2, 0.25) is 0 Å². The van der Waals surface area contributed by atoms with Crippen molar-refractivity contribution in [1.82, 2.24) is 10.3 Å². The summed E-state index contributed by atoms with van der Waals surface area (Å²) in [4.78, 5) is 4.33. The van der Waals surface area contributed by atoms with Crippen LogP contribution in [-0.4, -0.2) is 36.9 Å². The third kappa shape index (κ3) is 3.22. The Hall–Kier alpha value is -1.21. The molecule has 1 aliphatic heterocycles. The minimum Gasteiger partial charge on any atom is -0.400 e. The summed E-state index contributed by atoms with van der Waals surface area (Å²) in [7, 11) is 1.61. The van der Waals surface area contributed by atoms with Crippen LogP contribution < -0.4 is 5.32 Å². The number of thiazole rings is 1. The molecule has 0 saturated carbocycles. The molecule has 1 saturated heterocycles. The number of nitrogens with one attached hydrogen (secondary N) is 1. The van der Waals surface area contributed by atoms with Gasteiger partial charge < -0.3 is 14.6 Å². The summed E-state index contributed by atoms with van der Waals surface area (Å²) in [6.07, 6.45) is 2.15. The first kappa shape index (κ1) is 16.6. The standard InChI is InChI=1S/C17H23BN2O2S/c1-16(2)17(3,4)22-18(21-16)13(10-19-5)8-12-6-7-14-15(9-12)23-11-20-14/h6-9,11,19H,10H2,1-5H3. The third-order valence-corrected chi connectivity index (χ3v) is 5.44. The predicted molar refractivity (Wildman–Crippen MR) is 97.6 cm³/mol. The van der Waals surface area contributed by atoms with Gasteiger partial charge in [-0.1, -0.05) is 12.1 Å². The van der Waals surface area contributed by atoms with Gasteiger partial charge in [-0.15, -0.1) is 11.3 Å². The Balaban J connectivity index is 1.92. The maximum Gasteiger partial charge on any atom is 0.491 e. The summed E-state index contributed by atoms with van der Waals surface area (Å²) in [5.41, 5.74) is 4.49. The van der Waals surface area contributed by atoms with E-state index in [9.17, 15) is 0 Å². The van der Waals surface area contributed by atoms with Gasteiger partial charge in [0.05, 0.1) is 26.9 Å². The second kappa shape index (κ2) is 6.02. The van der Waals surface area contributed by atoms with E-state index in [1.54, 1.807) is 11.3 Å². The van der Waals surface area contributed by atoms with Crippen molar-refractivity contribution in [2.75, 3.05) is 13.6 Å². The van der Waals surface area contributed by atoms with Crippen LogP contribution in [0.3, 0.4) is 0 Å². The van der Waals surface area contributed by atoms with Gasteiger partial charge in [0, 0.05) is 6.54 Å². The largest absolute Gasteiger partial charge is 0.491 e. The first-order chi connectivity index (χ1) is 10.8. The fraction of sp³-hybridized carbons (Fsp3) is 0.471. The average Bonchev–Trinajstić information content (AvgIpc) is 3.00. The van der Waals surface area contributed by atoms with E-state index in [1.807, 2.05) is 12.6 Å². The molecule has 0 amide bonds. The van der Waals surface area contributed by atoms with Gasteiger partial charge in [-0.25, -0.2) is 4.98 Å². The van der Waals surface area contributed by atoms with Gasteiger partial charge in [0.15, 0.2) is 0 Å². The van der Waals surface area contributed by atoms with E-state index in [2.05, 4.69) is 62.3 Å². The van der Waals surface area contributed by atoms with Gasteiger partial charge in [-0.05, 0) is 57.9 Å². The number of fused-ring (bicyclic) bond motifs is 1. The molecule has 1 aromatic heterocycles. The normalized spacial score (nSPS) is 20.4. The maximum absolute atomic E-state index is 6.18. The molecule has 1 N–H and O–H groups in total. The van der Waals surface area contributed by atoms with Crippen LogP contribution in [0.2, 0.25) is 0 Å². The number of aromatic nitrogens is 1. The van der Waals surface area contributed by atoms with Crippen LogP contribution in [0.4, 0.5) is 0 Å². The van der Waals surface area contributed by atoms with E-state index in [1.165, 1.54) is 4.70 Å². The number of rotatable bonds is 4. The highest BCUT2D eigenvalue weighted by atomic mass is 32.1. The number of benzene rings is 1. The van der Waals surface area contributed by atoms with Crippen LogP contribution in [0.5, 0.6) is 0 Å². The van der Waals surface area contributed by atoms with Crippen LogP contribution >= 0.6 is 11.3 Å². The van der Waals surface area contributed by atoms with Crippen molar-refractivity contribution in [3.63, 3.8) is 0 Å². The van der Waals surface area contributed by atoms with Gasteiger partial charge in [-0.2, -0.15) is 0 Å². The summed E-state index contributed by atoms with van der Waals surface area (Å²) in [5, 5.41) is 3.21. The van der Waals surface area contributed by atoms with Crippen molar-refractivity contribution in [2.45, 2.75) is 38.9 Å². The lowest BCUT2D eigenvalue weighted by atomic mass is 9.77. The quantitative estimate of drug-likeness (QED) is 0.871. The highest BCUT2D eigenvalue weighted by molar-refractivity contribution is 7.16. The van der Waals surface area contributed by atoms with Gasteiger partial charge >= 0.3 is 7.12 Å². The van der Waals surface area contributed by atoms with Crippen LogP contribution in [0.25, 0.3) is 16.3 Å². The molecule has 3 rings (SSSR count). The number of likely N-dealkylation sites (N-methyl/N-ethyl adjacent to an activating group) is 1. The first-order valence-corrected chi connectivity index (χ1v) is 8.74. The van der Waals surface area contributed by atoms with Crippen LogP contribution in [0.15, 0.2) is 29.2 Å². The third-order valence-electron chi connectivity index (χ3n) is 4.64. The van der Waals surface area contributed by atoms with E-state index in [0.717, 1.165) is 23.1 Å². The lowest BCUT2D eigenvalue weighted by Crippen LogP contribution is -2.41. The zero-order valence-electron chi connectivity index (χ0n) is 14.3. The van der Waals surface area contributed by atoms with E-state index in [4.69, 9.17) is 9.31 Å². The highest BCUT2D eigenvalue weighted by Gasteiger charge is 2.52. The molecule has 0 aliphatic carbocycles. The second-order valence-corrected chi connectivity index (χ2v) is 7.80. The highest BCUT2D eigenvalue weighted by Crippen LogP contribution is 2.38. The summed E-state index contributed by atoms with van der Waals surface area (Å²) < 4.78 is 13.6. The molecule has 2 heterocycles. The minimum atomic E-state index is -0.329. The second-order valence-electron chi connectivity index (χ2n) is 6.92. The molecule has 23 heavy (non-hydrogen) atoms. The molecular weight excluding hydrogens is 307 g/mol. The van der Waals surface area contributed by atoms with Crippen molar-refractivity contribution >= 4 is 34.7 Å². The predicted octanol–water partition coefficient (Wildman–Crippen LogP) is 3.53. The fourth-order valence-electron chi connectivity index (χ4n) is 2.58. The van der Waals surface area contributed by atoms with Crippen LogP contribution in [0, 0.1) is 0 Å². The van der Waals surface area contributed by atoms with E-state index in [-0.39, 0.29) is 18.3 Å². The Bertz CT molecular complexity index is 723. The summed E-state index contributed by atoms with van der Waals surface area (Å²) in [6, 6.07) is 6.30. The van der Waals surface area contributed by atoms with Crippen LogP contribution in [0.1, 0.15) is 33.3 Å². The molecular formula is C17H23BN2O2S. The molecule has 0 unspecified atom stereocenters. The Labute approximate surface area is 142 Å². The molecule has 0 bridgehead atoms. The van der Waals surface area contributed by atoms with Crippen molar-refractivity contribution in [3.05, 3.63) is 34.7 Å². The zero-order chi connectivity index (χ0) is 16.7. The summed E-state index contributed by atoms with van der Waals surface area (Å²) in [5.74, 6) is 0. The van der Waals surface area contributed by atoms with Crippen molar-refractivity contribution in [3.8, 4) is 0 Å². The summed E-state index contributed by atoms with van der Waals surface area (Å²) in [6.45, 7) is 9.03. The Morgan fingerprint density at radius 1 is 1.26 bits per heavy atom. The van der Waals surface area contributed by atoms with Crippen molar-refractivity contribution < 1.29 is 9.31 Å². The van der Waals surface area contributed by atoms with Gasteiger partial charge in [0.25, 0.3) is 0 Å². The van der Waals surface area contributed by atoms with Gasteiger partial charge in [-0.3, -0.25) is 0 Å². The summed E-state index contributed by atoms with van der Waals surface area (Å²) >= 11 is 1.66. The first-order valence-electron chi connectivity index (χ1n) is 7.86. The Kier molecular flexibility index (Phi) is 4.36. The average molecular weight is 330 g/mol. The molecule has 0 atom stereocenters. The fourth-order valence-corrected chi connectivity index (χ4v) is 3.30. The monoisotopic (exact) mass is 330 g/mol. The molecule has 0 radical (unpaired) electrons. The van der Waals surface area contributed by atoms with E-state index < -0.39 is 0 Å². The Morgan fingerprint density at radius 3 is 2.61 bits per heavy atom. The zero-order valence-corrected chi connectivity index (χ0v) is 15.2. The molecule has 122 valence electrons.